The van der Waals surface area contributed by atoms with Crippen LogP contribution in [0.15, 0.2) is 99.3 Å². The van der Waals surface area contributed by atoms with E-state index in [2.05, 4.69) is 22.0 Å². The van der Waals surface area contributed by atoms with Crippen molar-refractivity contribution < 1.29 is 14.0 Å². The molecule has 8 heteroatoms. The minimum Gasteiger partial charge on any atom is -0.468 e. The van der Waals surface area contributed by atoms with E-state index in [9.17, 15) is 14.9 Å². The summed E-state index contributed by atoms with van der Waals surface area (Å²) in [4.78, 5) is 25.9. The highest BCUT2D eigenvalue weighted by molar-refractivity contribution is 8.03. The van der Waals surface area contributed by atoms with Crippen LogP contribution in [0.3, 0.4) is 0 Å². The number of rotatable bonds is 8. The van der Waals surface area contributed by atoms with E-state index in [0.29, 0.717) is 39.9 Å². The number of hydrogen-bond donors (Lipinski definition) is 3. The molecule has 2 heterocycles. The molecule has 2 amide bonds. The Labute approximate surface area is 214 Å². The lowest BCUT2D eigenvalue weighted by Crippen LogP contribution is -2.31. The van der Waals surface area contributed by atoms with Gasteiger partial charge in [0.1, 0.15) is 5.76 Å². The van der Waals surface area contributed by atoms with Crippen LogP contribution >= 0.6 is 11.8 Å². The van der Waals surface area contributed by atoms with Crippen LogP contribution in [-0.2, 0) is 16.1 Å². The molecule has 7 nitrogen and oxygen atoms in total. The van der Waals surface area contributed by atoms with Gasteiger partial charge >= 0.3 is 0 Å². The third-order valence-corrected chi connectivity index (χ3v) is 6.81. The lowest BCUT2D eigenvalue weighted by Gasteiger charge is -2.28. The fraction of sp³-hybridized carbons (Fsp3) is 0.179. The maximum Gasteiger partial charge on any atom is 0.254 e. The van der Waals surface area contributed by atoms with Crippen LogP contribution in [-0.4, -0.2) is 17.6 Å². The molecule has 1 atom stereocenters. The van der Waals surface area contributed by atoms with E-state index < -0.39 is 5.92 Å². The molecule has 1 aromatic heterocycles. The van der Waals surface area contributed by atoms with Gasteiger partial charge in [-0.1, -0.05) is 60.3 Å². The number of para-hydroxylation sites is 1. The number of nitriles is 1. The number of furan rings is 1. The number of benzene rings is 2. The Kier molecular flexibility index (Phi) is 7.93. The number of aryl methyl sites for hydroxylation is 1. The summed E-state index contributed by atoms with van der Waals surface area (Å²) in [5.74, 6) is -0.592. The predicted octanol–water partition coefficient (Wildman–Crippen LogP) is 4.97. The molecule has 1 aliphatic rings. The fourth-order valence-electron chi connectivity index (χ4n) is 3.96. The van der Waals surface area contributed by atoms with Crippen molar-refractivity contribution >= 4 is 29.3 Å². The van der Waals surface area contributed by atoms with E-state index in [1.807, 2.05) is 61.5 Å². The van der Waals surface area contributed by atoms with Crippen LogP contribution in [0.4, 0.5) is 5.69 Å². The number of hydrogen-bond acceptors (Lipinski definition) is 6. The number of nitrogens with zero attached hydrogens (tertiary/aromatic N) is 1. The van der Waals surface area contributed by atoms with E-state index >= 15 is 0 Å². The summed E-state index contributed by atoms with van der Waals surface area (Å²) in [6, 6.07) is 22.9. The zero-order valence-electron chi connectivity index (χ0n) is 20.0. The van der Waals surface area contributed by atoms with Crippen LogP contribution in [0.1, 0.15) is 29.7 Å². The first kappa shape index (κ1) is 24.9. The van der Waals surface area contributed by atoms with Crippen LogP contribution in [0.25, 0.3) is 0 Å². The summed E-state index contributed by atoms with van der Waals surface area (Å²) in [7, 11) is 0. The van der Waals surface area contributed by atoms with Gasteiger partial charge in [0.15, 0.2) is 0 Å². The molecule has 0 bridgehead atoms. The van der Waals surface area contributed by atoms with Gasteiger partial charge in [-0.3, -0.25) is 9.59 Å². The summed E-state index contributed by atoms with van der Waals surface area (Å²) in [5, 5.41) is 19.7. The Bertz CT molecular complexity index is 1350. The SMILES string of the molecule is CC1=C(C(=O)Nc2ccccc2C)C(c2ccco2)C(C#N)=C(SCC(=O)NCc2ccccc2)N1. The molecule has 36 heavy (non-hydrogen) atoms. The molecular formula is C28H26N4O3S. The molecule has 1 aliphatic heterocycles. The second-order valence-corrected chi connectivity index (χ2v) is 9.27. The van der Waals surface area contributed by atoms with E-state index in [1.54, 1.807) is 19.1 Å². The number of carbonyl (C=O) groups excluding carboxylic acids is 2. The van der Waals surface area contributed by atoms with Gasteiger partial charge < -0.3 is 20.4 Å². The summed E-state index contributed by atoms with van der Waals surface area (Å²) in [6.45, 7) is 4.13. The molecule has 0 aliphatic carbocycles. The summed E-state index contributed by atoms with van der Waals surface area (Å²) in [5.41, 5.74) is 3.93. The van der Waals surface area contributed by atoms with Crippen molar-refractivity contribution in [3.63, 3.8) is 0 Å². The largest absolute Gasteiger partial charge is 0.468 e. The average Bonchev–Trinajstić information content (AvgIpc) is 3.42. The average molecular weight is 499 g/mol. The number of amides is 2. The third kappa shape index (κ3) is 5.70. The zero-order valence-corrected chi connectivity index (χ0v) is 20.8. The van der Waals surface area contributed by atoms with Crippen LogP contribution < -0.4 is 16.0 Å². The number of dihydropyridines is 1. The van der Waals surface area contributed by atoms with Crippen molar-refractivity contribution in [3.8, 4) is 6.07 Å². The molecule has 0 fully saturated rings. The highest BCUT2D eigenvalue weighted by Gasteiger charge is 2.36. The lowest BCUT2D eigenvalue weighted by molar-refractivity contribution is -0.118. The maximum absolute atomic E-state index is 13.4. The molecule has 0 spiro atoms. The first-order valence-corrected chi connectivity index (χ1v) is 12.4. The monoisotopic (exact) mass is 498 g/mol. The highest BCUT2D eigenvalue weighted by Crippen LogP contribution is 2.41. The Morgan fingerprint density at radius 1 is 1.06 bits per heavy atom. The van der Waals surface area contributed by atoms with Crippen molar-refractivity contribution in [2.45, 2.75) is 26.3 Å². The summed E-state index contributed by atoms with van der Waals surface area (Å²) in [6.07, 6.45) is 1.52. The van der Waals surface area contributed by atoms with Crippen LogP contribution in [0.5, 0.6) is 0 Å². The van der Waals surface area contributed by atoms with Crippen molar-refractivity contribution in [2.24, 2.45) is 0 Å². The lowest BCUT2D eigenvalue weighted by atomic mass is 9.85. The molecule has 0 radical (unpaired) electrons. The van der Waals surface area contributed by atoms with Gasteiger partial charge in [0, 0.05) is 17.9 Å². The standard InChI is InChI=1S/C28H26N4O3S/c1-18-9-6-7-12-22(18)32-27(34)25-19(2)31-28(21(15-29)26(25)23-13-8-14-35-23)36-17-24(33)30-16-20-10-4-3-5-11-20/h3-14,26,31H,16-17H2,1-2H3,(H,30,33)(H,32,34). The van der Waals surface area contributed by atoms with E-state index in [1.165, 1.54) is 18.0 Å². The quantitative estimate of drug-likeness (QED) is 0.405. The van der Waals surface area contributed by atoms with Gasteiger partial charge in [0.2, 0.25) is 5.91 Å². The van der Waals surface area contributed by atoms with E-state index in [4.69, 9.17) is 4.42 Å². The molecule has 182 valence electrons. The second kappa shape index (κ2) is 11.5. The molecule has 4 rings (SSSR count). The zero-order chi connectivity index (χ0) is 25.5. The molecule has 2 aromatic carbocycles. The van der Waals surface area contributed by atoms with Crippen LogP contribution in [0, 0.1) is 18.3 Å². The van der Waals surface area contributed by atoms with Crippen molar-refractivity contribution in [2.75, 3.05) is 11.1 Å². The van der Waals surface area contributed by atoms with E-state index in [0.717, 1.165) is 11.1 Å². The minimum atomic E-state index is -0.704. The number of nitrogens with one attached hydrogen (secondary N) is 3. The van der Waals surface area contributed by atoms with Crippen molar-refractivity contribution in [1.82, 2.24) is 10.6 Å². The predicted molar refractivity (Wildman–Crippen MR) is 140 cm³/mol. The van der Waals surface area contributed by atoms with Gasteiger partial charge in [-0.15, -0.1) is 0 Å². The van der Waals surface area contributed by atoms with Gasteiger partial charge in [0.25, 0.3) is 5.91 Å². The number of anilines is 1. The first-order valence-electron chi connectivity index (χ1n) is 11.4. The molecule has 0 saturated carbocycles. The molecule has 1 unspecified atom stereocenters. The minimum absolute atomic E-state index is 0.114. The molecule has 0 saturated heterocycles. The number of allylic oxidation sites excluding steroid dienone is 2. The Morgan fingerprint density at radius 2 is 1.81 bits per heavy atom. The van der Waals surface area contributed by atoms with Crippen molar-refractivity contribution in [1.29, 1.82) is 5.26 Å². The maximum atomic E-state index is 13.4. The van der Waals surface area contributed by atoms with Gasteiger partial charge in [-0.2, -0.15) is 5.26 Å². The van der Waals surface area contributed by atoms with Crippen molar-refractivity contribution in [3.05, 3.63) is 112 Å². The van der Waals surface area contributed by atoms with Crippen LogP contribution in [0.2, 0.25) is 0 Å². The fourth-order valence-corrected chi connectivity index (χ4v) is 4.88. The normalized spacial score (nSPS) is 15.2. The Hall–Kier alpha value is -4.22. The third-order valence-electron chi connectivity index (χ3n) is 5.79. The molecule has 3 aromatic rings. The first-order chi connectivity index (χ1) is 17.5. The number of thioether (sulfide) groups is 1. The topological polar surface area (TPSA) is 107 Å². The smallest absolute Gasteiger partial charge is 0.254 e. The van der Waals surface area contributed by atoms with Gasteiger partial charge in [-0.05, 0) is 43.2 Å². The molecule has 3 N–H and O–H groups in total. The highest BCUT2D eigenvalue weighted by atomic mass is 32.2. The summed E-state index contributed by atoms with van der Waals surface area (Å²) < 4.78 is 5.65. The number of carbonyl (C=O) groups is 2. The van der Waals surface area contributed by atoms with Gasteiger partial charge in [-0.25, -0.2) is 0 Å². The summed E-state index contributed by atoms with van der Waals surface area (Å²) >= 11 is 1.22. The van der Waals surface area contributed by atoms with Gasteiger partial charge in [0.05, 0.1) is 40.2 Å². The molecular weight excluding hydrogens is 472 g/mol. The van der Waals surface area contributed by atoms with E-state index in [-0.39, 0.29) is 17.6 Å². The Morgan fingerprint density at radius 3 is 2.50 bits per heavy atom. The second-order valence-electron chi connectivity index (χ2n) is 8.29. The Balaban J connectivity index is 1.55.